The topological polar surface area (TPSA) is 101 Å². The second kappa shape index (κ2) is 8.40. The highest BCUT2D eigenvalue weighted by molar-refractivity contribution is 6.06. The summed E-state index contributed by atoms with van der Waals surface area (Å²) in [5.41, 5.74) is 2.34. The lowest BCUT2D eigenvalue weighted by molar-refractivity contribution is 0.0748. The monoisotopic (exact) mass is 480 g/mol. The molecule has 1 aliphatic carbocycles. The maximum Gasteiger partial charge on any atom is 0.280 e. The largest absolute Gasteiger partial charge is 0.463 e. The van der Waals surface area contributed by atoms with Gasteiger partial charge >= 0.3 is 0 Å². The minimum Gasteiger partial charge on any atom is -0.463 e. The van der Waals surface area contributed by atoms with Gasteiger partial charge in [0.2, 0.25) is 5.95 Å². The predicted molar refractivity (Wildman–Crippen MR) is 121 cm³/mol. The number of nitrogens with zero attached hydrogens (tertiary/aromatic N) is 6. The van der Waals surface area contributed by atoms with Crippen LogP contribution in [-0.2, 0) is 0 Å². The fraction of sp³-hybridized carbons (Fsp3) is 0.375. The van der Waals surface area contributed by atoms with Crippen LogP contribution >= 0.6 is 0 Å². The third-order valence-electron chi connectivity index (χ3n) is 6.44. The quantitative estimate of drug-likeness (QED) is 0.415. The lowest BCUT2D eigenvalue weighted by atomic mass is 10.1. The molecule has 0 bridgehead atoms. The number of aryl methyl sites for hydroxylation is 1. The molecule has 0 aromatic carbocycles. The molecule has 6 rings (SSSR count). The number of alkyl halides is 2. The molecule has 4 aromatic rings. The zero-order valence-corrected chi connectivity index (χ0v) is 18.9. The molecule has 2 fully saturated rings. The summed E-state index contributed by atoms with van der Waals surface area (Å²) in [5.74, 6) is 0.819. The number of amides is 1. The fourth-order valence-electron chi connectivity index (χ4n) is 4.41. The van der Waals surface area contributed by atoms with E-state index in [4.69, 9.17) is 8.94 Å². The van der Waals surface area contributed by atoms with E-state index in [0.717, 1.165) is 18.5 Å². The molecular formula is C24H22F2N6O3. The zero-order valence-electron chi connectivity index (χ0n) is 18.9. The molecule has 0 unspecified atom stereocenters. The number of hydrogen-bond acceptors (Lipinski definition) is 8. The SMILES string of the molecule is Cc1noc2nc(C3CC3)cc(C(=O)N3CCN(c4nc(-c5ccco5)cc(C(F)F)n4)CC3)c12. The molecule has 5 heterocycles. The van der Waals surface area contributed by atoms with E-state index in [0.29, 0.717) is 65.9 Å². The van der Waals surface area contributed by atoms with Crippen LogP contribution in [0.5, 0.6) is 0 Å². The van der Waals surface area contributed by atoms with E-state index < -0.39 is 6.43 Å². The molecule has 4 aromatic heterocycles. The van der Waals surface area contributed by atoms with Crippen molar-refractivity contribution in [2.75, 3.05) is 31.1 Å². The second-order valence-corrected chi connectivity index (χ2v) is 8.85. The van der Waals surface area contributed by atoms with E-state index in [9.17, 15) is 13.6 Å². The molecule has 9 nitrogen and oxygen atoms in total. The van der Waals surface area contributed by atoms with Crippen LogP contribution in [0.3, 0.4) is 0 Å². The summed E-state index contributed by atoms with van der Waals surface area (Å²) < 4.78 is 37.7. The number of carbonyl (C=O) groups is 1. The van der Waals surface area contributed by atoms with Crippen molar-refractivity contribution in [3.8, 4) is 11.5 Å². The summed E-state index contributed by atoms with van der Waals surface area (Å²) in [6, 6.07) is 6.44. The van der Waals surface area contributed by atoms with Crippen molar-refractivity contribution < 1.29 is 22.5 Å². The fourth-order valence-corrected chi connectivity index (χ4v) is 4.41. The Kier molecular flexibility index (Phi) is 5.19. The van der Waals surface area contributed by atoms with E-state index in [2.05, 4.69) is 20.1 Å². The van der Waals surface area contributed by atoms with Gasteiger partial charge in [-0.1, -0.05) is 5.16 Å². The van der Waals surface area contributed by atoms with Gasteiger partial charge in [0.15, 0.2) is 5.76 Å². The van der Waals surface area contributed by atoms with Crippen LogP contribution < -0.4 is 4.90 Å². The molecule has 2 aliphatic rings. The first kappa shape index (κ1) is 21.6. The first-order valence-electron chi connectivity index (χ1n) is 11.5. The highest BCUT2D eigenvalue weighted by Crippen LogP contribution is 2.40. The van der Waals surface area contributed by atoms with Gasteiger partial charge in [-0.05, 0) is 44.0 Å². The maximum atomic E-state index is 13.5. The molecule has 0 N–H and O–H groups in total. The van der Waals surface area contributed by atoms with Gasteiger partial charge in [0, 0.05) is 37.8 Å². The molecule has 1 amide bonds. The molecular weight excluding hydrogens is 458 g/mol. The predicted octanol–water partition coefficient (Wildman–Crippen LogP) is 4.36. The van der Waals surface area contributed by atoms with Gasteiger partial charge in [-0.25, -0.2) is 23.7 Å². The number of halogens is 2. The Morgan fingerprint density at radius 3 is 2.60 bits per heavy atom. The molecule has 1 saturated carbocycles. The van der Waals surface area contributed by atoms with E-state index in [1.54, 1.807) is 24.0 Å². The van der Waals surface area contributed by atoms with E-state index in [1.807, 2.05) is 11.0 Å². The summed E-state index contributed by atoms with van der Waals surface area (Å²) in [7, 11) is 0. The smallest absolute Gasteiger partial charge is 0.280 e. The lowest BCUT2D eigenvalue weighted by Crippen LogP contribution is -2.49. The summed E-state index contributed by atoms with van der Waals surface area (Å²) in [6.07, 6.45) is 0.825. The molecule has 11 heteroatoms. The Bertz CT molecular complexity index is 1390. The van der Waals surface area contributed by atoms with Gasteiger partial charge in [-0.3, -0.25) is 4.79 Å². The van der Waals surface area contributed by atoms with Crippen LogP contribution in [0.4, 0.5) is 14.7 Å². The minimum atomic E-state index is -2.74. The highest BCUT2D eigenvalue weighted by atomic mass is 19.3. The van der Waals surface area contributed by atoms with Crippen molar-refractivity contribution in [3.63, 3.8) is 0 Å². The van der Waals surface area contributed by atoms with Gasteiger partial charge in [0.1, 0.15) is 11.4 Å². The Labute approximate surface area is 198 Å². The van der Waals surface area contributed by atoms with Gasteiger partial charge in [-0.15, -0.1) is 0 Å². The highest BCUT2D eigenvalue weighted by Gasteiger charge is 2.31. The van der Waals surface area contributed by atoms with Crippen LogP contribution in [0.25, 0.3) is 22.6 Å². The van der Waals surface area contributed by atoms with Crippen LogP contribution in [0.15, 0.2) is 39.5 Å². The zero-order chi connectivity index (χ0) is 24.1. The van der Waals surface area contributed by atoms with Crippen LogP contribution in [0, 0.1) is 6.92 Å². The Hall–Kier alpha value is -3.89. The third kappa shape index (κ3) is 4.00. The molecule has 180 valence electrons. The number of aromatic nitrogens is 4. The first-order valence-corrected chi connectivity index (χ1v) is 11.5. The standard InChI is InChI=1S/C24H22F2N6O3/c1-13-20-15(11-16(14-4-5-14)27-22(20)35-30-13)23(33)31-6-8-32(9-7-31)24-28-17(19-3-2-10-34-19)12-18(29-24)21(25)26/h2-3,10-12,14,21H,4-9H2,1H3. The molecule has 35 heavy (non-hydrogen) atoms. The normalized spacial score (nSPS) is 16.5. The number of hydrogen-bond donors (Lipinski definition) is 0. The van der Waals surface area contributed by atoms with Crippen molar-refractivity contribution in [2.24, 2.45) is 0 Å². The summed E-state index contributed by atoms with van der Waals surface area (Å²) in [4.78, 5) is 30.2. The second-order valence-electron chi connectivity index (χ2n) is 8.85. The molecule has 1 aliphatic heterocycles. The number of anilines is 1. The Morgan fingerprint density at radius 1 is 1.11 bits per heavy atom. The number of piperazine rings is 1. The number of pyridine rings is 1. The van der Waals surface area contributed by atoms with Gasteiger partial charge < -0.3 is 18.7 Å². The Morgan fingerprint density at radius 2 is 1.91 bits per heavy atom. The molecule has 0 atom stereocenters. The van der Waals surface area contributed by atoms with Crippen molar-refractivity contribution >= 4 is 23.0 Å². The first-order chi connectivity index (χ1) is 17.0. The number of fused-ring (bicyclic) bond motifs is 1. The van der Waals surface area contributed by atoms with E-state index >= 15 is 0 Å². The molecule has 1 saturated heterocycles. The average molecular weight is 480 g/mol. The van der Waals surface area contributed by atoms with Crippen molar-refractivity contribution in [2.45, 2.75) is 32.1 Å². The average Bonchev–Trinajstić information content (AvgIpc) is 3.45. The van der Waals surface area contributed by atoms with Crippen molar-refractivity contribution in [1.29, 1.82) is 0 Å². The van der Waals surface area contributed by atoms with Crippen LogP contribution in [-0.4, -0.2) is 57.1 Å². The van der Waals surface area contributed by atoms with E-state index in [1.165, 1.54) is 12.3 Å². The van der Waals surface area contributed by atoms with Gasteiger partial charge in [-0.2, -0.15) is 0 Å². The van der Waals surface area contributed by atoms with E-state index in [-0.39, 0.29) is 17.5 Å². The van der Waals surface area contributed by atoms with Crippen LogP contribution in [0.2, 0.25) is 0 Å². The van der Waals surface area contributed by atoms with Crippen LogP contribution in [0.1, 0.15) is 52.6 Å². The summed E-state index contributed by atoms with van der Waals surface area (Å²) in [5, 5.41) is 4.64. The Balaban J connectivity index is 1.24. The van der Waals surface area contributed by atoms with Gasteiger partial charge in [0.05, 0.1) is 22.9 Å². The maximum absolute atomic E-state index is 13.5. The molecule has 0 spiro atoms. The minimum absolute atomic E-state index is 0.122. The van der Waals surface area contributed by atoms with Gasteiger partial charge in [0.25, 0.3) is 18.0 Å². The van der Waals surface area contributed by atoms with Crippen molar-refractivity contribution in [1.82, 2.24) is 25.0 Å². The number of furan rings is 1. The summed E-state index contributed by atoms with van der Waals surface area (Å²) in [6.45, 7) is 3.39. The third-order valence-corrected chi connectivity index (χ3v) is 6.44. The lowest BCUT2D eigenvalue weighted by Gasteiger charge is -2.35. The molecule has 0 radical (unpaired) electrons. The van der Waals surface area contributed by atoms with Crippen molar-refractivity contribution in [3.05, 3.63) is 53.2 Å². The number of carbonyl (C=O) groups excluding carboxylic acids is 1. The summed E-state index contributed by atoms with van der Waals surface area (Å²) >= 11 is 0. The number of rotatable bonds is 5.